The molecule has 0 spiro atoms. The molecule has 110 valence electrons. The van der Waals surface area contributed by atoms with Crippen molar-refractivity contribution in [2.45, 2.75) is 39.5 Å². The largest absolute Gasteiger partial charge is 0.354 e. The Kier molecular flexibility index (Phi) is 4.18. The molecule has 4 nitrogen and oxygen atoms in total. The maximum atomic E-state index is 12.6. The molecule has 1 aliphatic heterocycles. The Morgan fingerprint density at radius 2 is 2.05 bits per heavy atom. The summed E-state index contributed by atoms with van der Waals surface area (Å²) in [5, 5.41) is 2.79. The van der Waals surface area contributed by atoms with Crippen molar-refractivity contribution in [3.05, 3.63) is 21.4 Å². The van der Waals surface area contributed by atoms with Gasteiger partial charge in [0.2, 0.25) is 5.91 Å². The molecule has 1 aromatic rings. The normalized spacial score (nSPS) is 16.8. The highest BCUT2D eigenvalue weighted by Crippen LogP contribution is 2.32. The summed E-state index contributed by atoms with van der Waals surface area (Å²) in [4.78, 5) is 28.0. The average molecular weight is 294 g/mol. The Hall–Kier alpha value is -1.36. The number of aryl methyl sites for hydroxylation is 1. The molecule has 5 heteroatoms. The first-order valence-corrected chi connectivity index (χ1v) is 7.77. The first-order chi connectivity index (χ1) is 9.29. The third kappa shape index (κ3) is 3.20. The number of carbonyl (C=O) groups excluding carboxylic acids is 2. The van der Waals surface area contributed by atoms with E-state index in [0.29, 0.717) is 26.1 Å². The molecule has 0 aliphatic carbocycles. The van der Waals surface area contributed by atoms with Gasteiger partial charge in [-0.05, 0) is 18.4 Å². The van der Waals surface area contributed by atoms with Crippen molar-refractivity contribution in [1.82, 2.24) is 10.2 Å². The predicted octanol–water partition coefficient (Wildman–Crippen LogP) is 2.32. The monoisotopic (exact) mass is 294 g/mol. The van der Waals surface area contributed by atoms with E-state index in [1.807, 2.05) is 13.0 Å². The average Bonchev–Trinajstić information content (AvgIpc) is 2.61. The van der Waals surface area contributed by atoms with E-state index in [1.165, 1.54) is 4.88 Å². The summed E-state index contributed by atoms with van der Waals surface area (Å²) >= 11 is 1.69. The third-order valence-electron chi connectivity index (χ3n) is 3.49. The Morgan fingerprint density at radius 1 is 1.35 bits per heavy atom. The van der Waals surface area contributed by atoms with Crippen LogP contribution in [0.25, 0.3) is 0 Å². The minimum absolute atomic E-state index is 0.0257. The zero-order valence-corrected chi connectivity index (χ0v) is 13.4. The summed E-state index contributed by atoms with van der Waals surface area (Å²) in [6.45, 7) is 10.1. The Balaban J connectivity index is 2.20. The molecule has 20 heavy (non-hydrogen) atoms. The predicted molar refractivity (Wildman–Crippen MR) is 81.3 cm³/mol. The summed E-state index contributed by atoms with van der Waals surface area (Å²) in [7, 11) is 0. The van der Waals surface area contributed by atoms with Crippen molar-refractivity contribution in [2.24, 2.45) is 0 Å². The fourth-order valence-electron chi connectivity index (χ4n) is 2.20. The van der Waals surface area contributed by atoms with E-state index in [1.54, 1.807) is 16.2 Å². The van der Waals surface area contributed by atoms with Gasteiger partial charge in [0.25, 0.3) is 5.91 Å². The first kappa shape index (κ1) is 15.0. The topological polar surface area (TPSA) is 49.4 Å². The summed E-state index contributed by atoms with van der Waals surface area (Å²) < 4.78 is 0. The number of amides is 2. The summed E-state index contributed by atoms with van der Waals surface area (Å²) in [5.74, 6) is 0.0727. The fraction of sp³-hybridized carbons (Fsp3) is 0.600. The molecule has 0 atom stereocenters. The van der Waals surface area contributed by atoms with Crippen molar-refractivity contribution in [2.75, 3.05) is 19.6 Å². The van der Waals surface area contributed by atoms with Crippen LogP contribution in [0.1, 0.15) is 47.3 Å². The zero-order valence-electron chi connectivity index (χ0n) is 12.6. The number of nitrogens with one attached hydrogen (secondary N) is 1. The van der Waals surface area contributed by atoms with Crippen molar-refractivity contribution in [1.29, 1.82) is 0 Å². The van der Waals surface area contributed by atoms with Gasteiger partial charge in [-0.25, -0.2) is 0 Å². The Morgan fingerprint density at radius 3 is 2.65 bits per heavy atom. The fourth-order valence-corrected chi connectivity index (χ4v) is 3.27. The van der Waals surface area contributed by atoms with Crippen molar-refractivity contribution in [3.8, 4) is 0 Å². The number of hydrogen-bond acceptors (Lipinski definition) is 3. The number of nitrogens with zero attached hydrogens (tertiary/aromatic N) is 1. The third-order valence-corrected chi connectivity index (χ3v) is 4.96. The molecule has 1 saturated heterocycles. The van der Waals surface area contributed by atoms with E-state index in [2.05, 4.69) is 26.1 Å². The van der Waals surface area contributed by atoms with Crippen LogP contribution in [-0.4, -0.2) is 36.3 Å². The minimum atomic E-state index is 0.0257. The molecule has 2 rings (SSSR count). The van der Waals surface area contributed by atoms with Crippen molar-refractivity contribution in [3.63, 3.8) is 0 Å². The second-order valence-corrected chi connectivity index (χ2v) is 7.48. The molecule has 0 aromatic carbocycles. The molecule has 0 unspecified atom stereocenters. The standard InChI is InChI=1S/C15H22N2O2S/c1-10-11(9-12(20-10)15(2,3)4)14(19)17-7-5-13(18)16-6-8-17/h9H,5-8H2,1-4H3,(H,16,18). The van der Waals surface area contributed by atoms with Crippen LogP contribution in [-0.2, 0) is 10.2 Å². The molecule has 1 N–H and O–H groups in total. The van der Waals surface area contributed by atoms with Gasteiger partial charge in [0, 0.05) is 35.8 Å². The summed E-state index contributed by atoms with van der Waals surface area (Å²) in [6, 6.07) is 2.02. The lowest BCUT2D eigenvalue weighted by Gasteiger charge is -2.19. The molecule has 1 fully saturated rings. The molecule has 2 amide bonds. The molecular weight excluding hydrogens is 272 g/mol. The molecular formula is C15H22N2O2S. The van der Waals surface area contributed by atoms with E-state index in [-0.39, 0.29) is 17.2 Å². The van der Waals surface area contributed by atoms with E-state index < -0.39 is 0 Å². The van der Waals surface area contributed by atoms with Gasteiger partial charge in [0.05, 0.1) is 5.56 Å². The van der Waals surface area contributed by atoms with Crippen LogP contribution in [0.2, 0.25) is 0 Å². The van der Waals surface area contributed by atoms with E-state index >= 15 is 0 Å². The second kappa shape index (κ2) is 5.56. The molecule has 0 radical (unpaired) electrons. The van der Waals surface area contributed by atoms with Crippen LogP contribution in [0.4, 0.5) is 0 Å². The van der Waals surface area contributed by atoms with E-state index in [9.17, 15) is 9.59 Å². The highest BCUT2D eigenvalue weighted by Gasteiger charge is 2.25. The van der Waals surface area contributed by atoms with Crippen LogP contribution >= 0.6 is 11.3 Å². The van der Waals surface area contributed by atoms with Crippen LogP contribution < -0.4 is 5.32 Å². The number of rotatable bonds is 1. The minimum Gasteiger partial charge on any atom is -0.354 e. The van der Waals surface area contributed by atoms with E-state index in [4.69, 9.17) is 0 Å². The highest BCUT2D eigenvalue weighted by molar-refractivity contribution is 7.12. The number of hydrogen-bond donors (Lipinski definition) is 1. The highest BCUT2D eigenvalue weighted by atomic mass is 32.1. The Bertz CT molecular complexity index is 528. The maximum Gasteiger partial charge on any atom is 0.255 e. The van der Waals surface area contributed by atoms with Gasteiger partial charge in [-0.1, -0.05) is 20.8 Å². The van der Waals surface area contributed by atoms with Crippen LogP contribution in [0.3, 0.4) is 0 Å². The second-order valence-electron chi connectivity index (χ2n) is 6.22. The summed E-state index contributed by atoms with van der Waals surface area (Å²) in [6.07, 6.45) is 0.390. The van der Waals surface area contributed by atoms with Gasteiger partial charge >= 0.3 is 0 Å². The molecule has 0 bridgehead atoms. The lowest BCUT2D eigenvalue weighted by Crippen LogP contribution is -2.34. The lowest BCUT2D eigenvalue weighted by molar-refractivity contribution is -0.120. The number of carbonyl (C=O) groups is 2. The summed E-state index contributed by atoms with van der Waals surface area (Å²) in [5.41, 5.74) is 0.846. The maximum absolute atomic E-state index is 12.6. The van der Waals surface area contributed by atoms with Gasteiger partial charge in [0.1, 0.15) is 0 Å². The molecule has 1 aliphatic rings. The van der Waals surface area contributed by atoms with E-state index in [0.717, 1.165) is 10.4 Å². The lowest BCUT2D eigenvalue weighted by atomic mass is 9.94. The first-order valence-electron chi connectivity index (χ1n) is 6.96. The zero-order chi connectivity index (χ0) is 14.9. The van der Waals surface area contributed by atoms with Gasteiger partial charge < -0.3 is 10.2 Å². The van der Waals surface area contributed by atoms with Gasteiger partial charge in [-0.15, -0.1) is 11.3 Å². The molecule has 1 aromatic heterocycles. The van der Waals surface area contributed by atoms with Crippen LogP contribution in [0, 0.1) is 6.92 Å². The smallest absolute Gasteiger partial charge is 0.255 e. The number of thiophene rings is 1. The van der Waals surface area contributed by atoms with Crippen molar-refractivity contribution >= 4 is 23.2 Å². The SMILES string of the molecule is Cc1sc(C(C)(C)C)cc1C(=O)N1CCNC(=O)CC1. The van der Waals surface area contributed by atoms with Gasteiger partial charge in [-0.3, -0.25) is 9.59 Å². The van der Waals surface area contributed by atoms with Crippen LogP contribution in [0.15, 0.2) is 6.07 Å². The Labute approximate surface area is 124 Å². The molecule has 2 heterocycles. The van der Waals surface area contributed by atoms with Gasteiger partial charge in [0.15, 0.2) is 0 Å². The van der Waals surface area contributed by atoms with Crippen molar-refractivity contribution < 1.29 is 9.59 Å². The molecule has 0 saturated carbocycles. The quantitative estimate of drug-likeness (QED) is 0.864. The van der Waals surface area contributed by atoms with Gasteiger partial charge in [-0.2, -0.15) is 0 Å². The van der Waals surface area contributed by atoms with Crippen LogP contribution in [0.5, 0.6) is 0 Å².